The fraction of sp³-hybridized carbons (Fsp3) is 0.100. The first kappa shape index (κ1) is 16.5. The Morgan fingerprint density at radius 2 is 1.80 bits per heavy atom. The van der Waals surface area contributed by atoms with Crippen LogP contribution in [0.5, 0.6) is 5.75 Å². The number of nitrogens with zero attached hydrogens (tertiary/aromatic N) is 1. The molecule has 0 aliphatic carbocycles. The zero-order valence-electron chi connectivity index (χ0n) is 13.9. The molecule has 0 saturated heterocycles. The largest absolute Gasteiger partial charge is 0.497 e. The first-order valence-electron chi connectivity index (χ1n) is 7.93. The number of rotatable bonds is 6. The molecule has 1 amide bonds. The molecule has 5 nitrogen and oxygen atoms in total. The molecular weight excluding hydrogens is 314 g/mol. The van der Waals surface area contributed by atoms with Crippen LogP contribution >= 0.6 is 0 Å². The van der Waals surface area contributed by atoms with Gasteiger partial charge in [-0.1, -0.05) is 30.3 Å². The highest BCUT2D eigenvalue weighted by atomic mass is 16.5. The third kappa shape index (κ3) is 4.57. The third-order valence-electron chi connectivity index (χ3n) is 3.72. The summed E-state index contributed by atoms with van der Waals surface area (Å²) in [6.45, 7) is 0.151. The van der Waals surface area contributed by atoms with Crippen LogP contribution in [-0.2, 0) is 4.79 Å². The summed E-state index contributed by atoms with van der Waals surface area (Å²) in [6.07, 6.45) is 1.59. The summed E-state index contributed by atoms with van der Waals surface area (Å²) < 4.78 is 5.09. The van der Waals surface area contributed by atoms with Gasteiger partial charge in [-0.25, -0.2) is 5.43 Å². The van der Waals surface area contributed by atoms with Crippen LogP contribution in [0.1, 0.15) is 5.56 Å². The Balaban J connectivity index is 1.50. The van der Waals surface area contributed by atoms with Crippen molar-refractivity contribution in [3.8, 4) is 5.75 Å². The Labute approximate surface area is 146 Å². The van der Waals surface area contributed by atoms with Crippen LogP contribution in [0, 0.1) is 0 Å². The molecule has 0 aliphatic heterocycles. The van der Waals surface area contributed by atoms with E-state index in [2.05, 4.69) is 21.9 Å². The standard InChI is InChI=1S/C20H19N3O2/c1-25-19-10-6-15(7-11-19)13-22-23-20(24)14-21-18-9-8-16-4-2-3-5-17(16)12-18/h2-13,21H,14H2,1H3,(H,23,24). The minimum atomic E-state index is -0.210. The van der Waals surface area contributed by atoms with E-state index in [0.29, 0.717) is 0 Å². The van der Waals surface area contributed by atoms with Crippen LogP contribution in [0.4, 0.5) is 5.69 Å². The number of methoxy groups -OCH3 is 1. The quantitative estimate of drug-likeness (QED) is 0.537. The van der Waals surface area contributed by atoms with Gasteiger partial charge in [-0.15, -0.1) is 0 Å². The average molecular weight is 333 g/mol. The van der Waals surface area contributed by atoms with E-state index in [9.17, 15) is 4.79 Å². The van der Waals surface area contributed by atoms with Crippen LogP contribution in [0.25, 0.3) is 10.8 Å². The number of carbonyl (C=O) groups excluding carboxylic acids is 1. The number of nitrogens with one attached hydrogen (secondary N) is 2. The molecule has 3 aromatic rings. The maximum atomic E-state index is 11.9. The molecule has 0 unspecified atom stereocenters. The highest BCUT2D eigenvalue weighted by Crippen LogP contribution is 2.18. The van der Waals surface area contributed by atoms with Crippen LogP contribution < -0.4 is 15.5 Å². The highest BCUT2D eigenvalue weighted by molar-refractivity contribution is 5.87. The van der Waals surface area contributed by atoms with Gasteiger partial charge in [-0.3, -0.25) is 4.79 Å². The Kier molecular flexibility index (Phi) is 5.26. The normalized spacial score (nSPS) is 10.8. The lowest BCUT2D eigenvalue weighted by molar-refractivity contribution is -0.119. The van der Waals surface area contributed by atoms with Gasteiger partial charge in [0.05, 0.1) is 19.9 Å². The van der Waals surface area contributed by atoms with E-state index < -0.39 is 0 Å². The number of anilines is 1. The van der Waals surface area contributed by atoms with E-state index in [1.807, 2.05) is 60.7 Å². The molecular formula is C20H19N3O2. The summed E-state index contributed by atoms with van der Waals surface area (Å²) in [5.41, 5.74) is 4.28. The van der Waals surface area contributed by atoms with Crippen LogP contribution in [-0.4, -0.2) is 25.8 Å². The van der Waals surface area contributed by atoms with Crippen molar-refractivity contribution < 1.29 is 9.53 Å². The molecule has 3 rings (SSSR count). The lowest BCUT2D eigenvalue weighted by Crippen LogP contribution is -2.25. The van der Waals surface area contributed by atoms with Crippen molar-refractivity contribution in [1.82, 2.24) is 5.43 Å². The minimum absolute atomic E-state index is 0.151. The first-order chi connectivity index (χ1) is 12.2. The predicted octanol–water partition coefficient (Wildman–Crippen LogP) is 3.41. The van der Waals surface area contributed by atoms with Gasteiger partial charge < -0.3 is 10.1 Å². The second-order valence-corrected chi connectivity index (χ2v) is 5.48. The Bertz CT molecular complexity index is 889. The van der Waals surface area contributed by atoms with Gasteiger partial charge in [0.2, 0.25) is 0 Å². The van der Waals surface area contributed by atoms with E-state index in [4.69, 9.17) is 4.74 Å². The summed E-state index contributed by atoms with van der Waals surface area (Å²) in [6, 6.07) is 21.5. The maximum absolute atomic E-state index is 11.9. The number of hydrogen-bond acceptors (Lipinski definition) is 4. The molecule has 3 aromatic carbocycles. The van der Waals surface area contributed by atoms with Gasteiger partial charge >= 0.3 is 0 Å². The molecule has 0 fully saturated rings. The van der Waals surface area contributed by atoms with Crippen molar-refractivity contribution in [2.24, 2.45) is 5.10 Å². The zero-order chi connectivity index (χ0) is 17.5. The monoisotopic (exact) mass is 333 g/mol. The summed E-state index contributed by atoms with van der Waals surface area (Å²) in [7, 11) is 1.62. The molecule has 25 heavy (non-hydrogen) atoms. The lowest BCUT2D eigenvalue weighted by atomic mass is 10.1. The summed E-state index contributed by atoms with van der Waals surface area (Å²) >= 11 is 0. The van der Waals surface area contributed by atoms with Crippen molar-refractivity contribution in [2.45, 2.75) is 0 Å². The number of amides is 1. The summed E-state index contributed by atoms with van der Waals surface area (Å²) in [4.78, 5) is 11.9. The molecule has 5 heteroatoms. The predicted molar refractivity (Wildman–Crippen MR) is 101 cm³/mol. The van der Waals surface area contributed by atoms with Gasteiger partial charge in [0, 0.05) is 5.69 Å². The van der Waals surface area contributed by atoms with Gasteiger partial charge in [-0.2, -0.15) is 5.10 Å². The second kappa shape index (κ2) is 7.97. The minimum Gasteiger partial charge on any atom is -0.497 e. The van der Waals surface area contributed by atoms with Crippen molar-refractivity contribution in [3.63, 3.8) is 0 Å². The number of hydrazone groups is 1. The van der Waals surface area contributed by atoms with E-state index in [0.717, 1.165) is 22.4 Å². The number of fused-ring (bicyclic) bond motifs is 1. The van der Waals surface area contributed by atoms with Crippen LogP contribution in [0.15, 0.2) is 71.8 Å². The van der Waals surface area contributed by atoms with Crippen LogP contribution in [0.3, 0.4) is 0 Å². The number of benzene rings is 3. The smallest absolute Gasteiger partial charge is 0.259 e. The Morgan fingerprint density at radius 1 is 1.04 bits per heavy atom. The van der Waals surface area contributed by atoms with Crippen molar-refractivity contribution in [3.05, 3.63) is 72.3 Å². The molecule has 0 bridgehead atoms. The van der Waals surface area contributed by atoms with E-state index in [-0.39, 0.29) is 12.5 Å². The molecule has 0 radical (unpaired) electrons. The molecule has 0 atom stereocenters. The highest BCUT2D eigenvalue weighted by Gasteiger charge is 2.00. The molecule has 2 N–H and O–H groups in total. The number of carbonyl (C=O) groups is 1. The Morgan fingerprint density at radius 3 is 2.56 bits per heavy atom. The third-order valence-corrected chi connectivity index (χ3v) is 3.72. The van der Waals surface area contributed by atoms with Crippen molar-refractivity contribution in [2.75, 3.05) is 19.0 Å². The lowest BCUT2D eigenvalue weighted by Gasteiger charge is -2.06. The topological polar surface area (TPSA) is 62.7 Å². The number of ether oxygens (including phenoxy) is 1. The van der Waals surface area contributed by atoms with Gasteiger partial charge in [-0.05, 0) is 52.7 Å². The fourth-order valence-electron chi connectivity index (χ4n) is 2.39. The second-order valence-electron chi connectivity index (χ2n) is 5.48. The van der Waals surface area contributed by atoms with E-state index in [1.54, 1.807) is 13.3 Å². The van der Waals surface area contributed by atoms with E-state index >= 15 is 0 Å². The zero-order valence-corrected chi connectivity index (χ0v) is 13.9. The molecule has 126 valence electrons. The molecule has 0 spiro atoms. The first-order valence-corrected chi connectivity index (χ1v) is 7.93. The van der Waals surface area contributed by atoms with Crippen molar-refractivity contribution in [1.29, 1.82) is 0 Å². The van der Waals surface area contributed by atoms with Gasteiger partial charge in [0.1, 0.15) is 5.75 Å². The molecule has 0 aromatic heterocycles. The number of hydrogen-bond donors (Lipinski definition) is 2. The molecule has 0 saturated carbocycles. The maximum Gasteiger partial charge on any atom is 0.259 e. The van der Waals surface area contributed by atoms with Crippen molar-refractivity contribution >= 4 is 28.6 Å². The SMILES string of the molecule is COc1ccc(C=NNC(=O)CNc2ccc3ccccc3c2)cc1. The molecule has 0 heterocycles. The fourth-order valence-corrected chi connectivity index (χ4v) is 2.39. The molecule has 0 aliphatic rings. The van der Waals surface area contributed by atoms with Gasteiger partial charge in [0.15, 0.2) is 0 Å². The van der Waals surface area contributed by atoms with E-state index in [1.165, 1.54) is 5.39 Å². The van der Waals surface area contributed by atoms with Crippen LogP contribution in [0.2, 0.25) is 0 Å². The Hall–Kier alpha value is -3.34. The summed E-state index contributed by atoms with van der Waals surface area (Å²) in [5, 5.41) is 9.35. The van der Waals surface area contributed by atoms with Gasteiger partial charge in [0.25, 0.3) is 5.91 Å². The summed E-state index contributed by atoms with van der Waals surface area (Å²) in [5.74, 6) is 0.568. The average Bonchev–Trinajstić information content (AvgIpc) is 2.67.